The second-order valence-electron chi connectivity index (χ2n) is 6.86. The largest absolute Gasteiger partial charge is 0.396 e. The second-order valence-corrected chi connectivity index (χ2v) is 6.86. The quantitative estimate of drug-likeness (QED) is 0.774. The average molecular weight is 225 g/mol. The first-order chi connectivity index (χ1) is 7.48. The Kier molecular flexibility index (Phi) is 3.33. The van der Waals surface area contributed by atoms with Crippen LogP contribution in [0.5, 0.6) is 0 Å². The maximum Gasteiger partial charge on any atom is 0.0499 e. The molecule has 2 aliphatic rings. The molecular weight excluding hydrogens is 198 g/mol. The number of nitrogens with one attached hydrogen (secondary N) is 1. The van der Waals surface area contributed by atoms with Gasteiger partial charge in [0.2, 0.25) is 0 Å². The van der Waals surface area contributed by atoms with Gasteiger partial charge in [0, 0.05) is 24.1 Å². The van der Waals surface area contributed by atoms with Gasteiger partial charge in [0.15, 0.2) is 0 Å². The van der Waals surface area contributed by atoms with Crippen molar-refractivity contribution in [3.05, 3.63) is 0 Å². The molecule has 94 valence electrons. The lowest BCUT2D eigenvalue weighted by atomic mass is 9.82. The van der Waals surface area contributed by atoms with Crippen molar-refractivity contribution in [1.82, 2.24) is 5.32 Å². The van der Waals surface area contributed by atoms with Gasteiger partial charge in [-0.25, -0.2) is 0 Å². The zero-order chi connectivity index (χ0) is 11.8. The number of hydrogen-bond acceptors (Lipinski definition) is 2. The maximum absolute atomic E-state index is 9.56. The Balaban J connectivity index is 1.99. The summed E-state index contributed by atoms with van der Waals surface area (Å²) in [4.78, 5) is 0. The van der Waals surface area contributed by atoms with E-state index in [1.807, 2.05) is 0 Å². The average Bonchev–Trinajstić information content (AvgIpc) is 2.74. The molecule has 0 aromatic carbocycles. The summed E-state index contributed by atoms with van der Waals surface area (Å²) in [6, 6.07) is 1.18. The molecule has 0 aliphatic heterocycles. The minimum atomic E-state index is 0.124. The van der Waals surface area contributed by atoms with Crippen LogP contribution in [-0.4, -0.2) is 23.8 Å². The molecule has 3 atom stereocenters. The zero-order valence-electron chi connectivity index (χ0n) is 11.1. The molecule has 16 heavy (non-hydrogen) atoms. The molecule has 2 aliphatic carbocycles. The summed E-state index contributed by atoms with van der Waals surface area (Å²) in [7, 11) is 0. The van der Waals surface area contributed by atoms with Crippen molar-refractivity contribution in [3.63, 3.8) is 0 Å². The van der Waals surface area contributed by atoms with Gasteiger partial charge >= 0.3 is 0 Å². The molecule has 0 aromatic rings. The van der Waals surface area contributed by atoms with E-state index in [4.69, 9.17) is 0 Å². The Hall–Kier alpha value is -0.0800. The van der Waals surface area contributed by atoms with E-state index in [0.717, 1.165) is 0 Å². The van der Waals surface area contributed by atoms with Crippen LogP contribution in [0.25, 0.3) is 0 Å². The van der Waals surface area contributed by atoms with Crippen LogP contribution >= 0.6 is 0 Å². The molecule has 3 unspecified atom stereocenters. The Morgan fingerprint density at radius 3 is 2.25 bits per heavy atom. The summed E-state index contributed by atoms with van der Waals surface area (Å²) in [6.07, 6.45) is 7.69. The lowest BCUT2D eigenvalue weighted by Crippen LogP contribution is -2.49. The molecule has 0 amide bonds. The fraction of sp³-hybridized carbons (Fsp3) is 1.00. The summed E-state index contributed by atoms with van der Waals surface area (Å²) in [5.74, 6) is 0. The first kappa shape index (κ1) is 12.4. The fourth-order valence-electron chi connectivity index (χ4n) is 3.59. The van der Waals surface area contributed by atoms with E-state index in [1.54, 1.807) is 0 Å². The van der Waals surface area contributed by atoms with Crippen molar-refractivity contribution < 1.29 is 5.11 Å². The van der Waals surface area contributed by atoms with Gasteiger partial charge < -0.3 is 10.4 Å². The van der Waals surface area contributed by atoms with E-state index < -0.39 is 0 Å². The molecule has 2 fully saturated rings. The molecule has 0 spiro atoms. The molecule has 2 heteroatoms. The molecule has 0 aromatic heterocycles. The van der Waals surface area contributed by atoms with Crippen molar-refractivity contribution in [2.24, 2.45) is 10.8 Å². The summed E-state index contributed by atoms with van der Waals surface area (Å²) < 4.78 is 0. The third kappa shape index (κ3) is 2.14. The molecule has 0 saturated heterocycles. The molecule has 2 nitrogen and oxygen atoms in total. The van der Waals surface area contributed by atoms with Crippen molar-refractivity contribution in [2.45, 2.75) is 71.4 Å². The van der Waals surface area contributed by atoms with E-state index in [1.165, 1.54) is 38.5 Å². The van der Waals surface area contributed by atoms with Crippen LogP contribution < -0.4 is 5.32 Å². The van der Waals surface area contributed by atoms with Crippen molar-refractivity contribution in [3.8, 4) is 0 Å². The van der Waals surface area contributed by atoms with Gasteiger partial charge in [-0.05, 0) is 31.1 Å². The normalized spacial score (nSPS) is 42.8. The summed E-state index contributed by atoms with van der Waals surface area (Å²) in [5, 5.41) is 13.4. The maximum atomic E-state index is 9.56. The van der Waals surface area contributed by atoms with Crippen LogP contribution in [0.3, 0.4) is 0 Å². The third-order valence-corrected chi connectivity index (χ3v) is 5.10. The second kappa shape index (κ2) is 4.30. The van der Waals surface area contributed by atoms with Gasteiger partial charge in [0.25, 0.3) is 0 Å². The zero-order valence-corrected chi connectivity index (χ0v) is 11.1. The van der Waals surface area contributed by atoms with Crippen LogP contribution in [0.1, 0.15) is 59.3 Å². The summed E-state index contributed by atoms with van der Waals surface area (Å²) in [5.41, 5.74) is 0.567. The highest BCUT2D eigenvalue weighted by molar-refractivity contribution is 4.99. The molecule has 2 N–H and O–H groups in total. The lowest BCUT2D eigenvalue weighted by molar-refractivity contribution is 0.103. The van der Waals surface area contributed by atoms with Gasteiger partial charge in [0.1, 0.15) is 0 Å². The highest BCUT2D eigenvalue weighted by atomic mass is 16.3. The van der Waals surface area contributed by atoms with Crippen LogP contribution in [0, 0.1) is 10.8 Å². The highest BCUT2D eigenvalue weighted by Crippen LogP contribution is 2.42. The van der Waals surface area contributed by atoms with Crippen LogP contribution in [0.2, 0.25) is 0 Å². The van der Waals surface area contributed by atoms with Crippen LogP contribution in [0.15, 0.2) is 0 Å². The fourth-order valence-corrected chi connectivity index (χ4v) is 3.59. The van der Waals surface area contributed by atoms with Crippen molar-refractivity contribution in [2.75, 3.05) is 6.61 Å². The van der Waals surface area contributed by atoms with Gasteiger partial charge in [-0.15, -0.1) is 0 Å². The van der Waals surface area contributed by atoms with E-state index in [-0.39, 0.29) is 5.41 Å². The van der Waals surface area contributed by atoms with E-state index in [9.17, 15) is 5.11 Å². The smallest absolute Gasteiger partial charge is 0.0499 e. The molecule has 2 saturated carbocycles. The number of aliphatic hydroxyl groups excluding tert-OH is 1. The van der Waals surface area contributed by atoms with Crippen molar-refractivity contribution >= 4 is 0 Å². The lowest BCUT2D eigenvalue weighted by Gasteiger charge is -2.37. The third-order valence-electron chi connectivity index (χ3n) is 5.10. The van der Waals surface area contributed by atoms with Gasteiger partial charge in [0.05, 0.1) is 0 Å². The predicted octanol–water partition coefficient (Wildman–Crippen LogP) is 2.71. The Morgan fingerprint density at radius 1 is 1.06 bits per heavy atom. The molecule has 0 radical (unpaired) electrons. The molecular formula is C14H27NO. The van der Waals surface area contributed by atoms with E-state index >= 15 is 0 Å². The highest BCUT2D eigenvalue weighted by Gasteiger charge is 2.42. The van der Waals surface area contributed by atoms with Crippen molar-refractivity contribution in [1.29, 1.82) is 0 Å². The van der Waals surface area contributed by atoms with E-state index in [2.05, 4.69) is 26.1 Å². The van der Waals surface area contributed by atoms with E-state index in [0.29, 0.717) is 24.1 Å². The first-order valence-corrected chi connectivity index (χ1v) is 6.85. The van der Waals surface area contributed by atoms with Gasteiger partial charge in [-0.1, -0.05) is 33.6 Å². The first-order valence-electron chi connectivity index (χ1n) is 6.85. The number of aliphatic hydroxyl groups is 1. The molecule has 0 heterocycles. The molecule has 0 bridgehead atoms. The monoisotopic (exact) mass is 225 g/mol. The number of hydrogen-bond donors (Lipinski definition) is 2. The summed E-state index contributed by atoms with van der Waals surface area (Å²) >= 11 is 0. The van der Waals surface area contributed by atoms with Gasteiger partial charge in [-0.3, -0.25) is 0 Å². The van der Waals surface area contributed by atoms with Gasteiger partial charge in [-0.2, -0.15) is 0 Å². The standard InChI is InChI=1S/C14H27NO/c1-13(2)8-4-6-11(13)15-12-7-5-9-14(12,3)10-16/h11-12,15-16H,4-10H2,1-3H3. The Labute approximate surface area is 99.8 Å². The molecule has 2 rings (SSSR count). The van der Waals surface area contributed by atoms with Crippen LogP contribution in [0.4, 0.5) is 0 Å². The Morgan fingerprint density at radius 2 is 1.69 bits per heavy atom. The summed E-state index contributed by atoms with van der Waals surface area (Å²) in [6.45, 7) is 7.32. The predicted molar refractivity (Wildman–Crippen MR) is 67.4 cm³/mol. The van der Waals surface area contributed by atoms with Crippen LogP contribution in [-0.2, 0) is 0 Å². The number of rotatable bonds is 3. The minimum absolute atomic E-state index is 0.124. The SMILES string of the molecule is CC1(C)CCCC1NC1CCCC1(C)CO. The topological polar surface area (TPSA) is 32.3 Å². The minimum Gasteiger partial charge on any atom is -0.396 e. The Bertz CT molecular complexity index is 251.